The van der Waals surface area contributed by atoms with Crippen molar-refractivity contribution < 1.29 is 14.3 Å². The lowest BCUT2D eigenvalue weighted by atomic mass is 9.99. The predicted molar refractivity (Wildman–Crippen MR) is 128 cm³/mol. The normalized spacial score (nSPS) is 17.2. The maximum absolute atomic E-state index is 12.6. The van der Waals surface area contributed by atoms with E-state index in [1.54, 1.807) is 0 Å². The minimum Gasteiger partial charge on any atom is -0.381 e. The number of guanidine groups is 1. The lowest BCUT2D eigenvalue weighted by molar-refractivity contribution is -0.132. The molecule has 0 aliphatic carbocycles. The Hall–Kier alpha value is -2.12. The minimum absolute atomic E-state index is 0.231. The highest BCUT2D eigenvalue weighted by Gasteiger charge is 2.19. The number of fused-ring (bicyclic) bond motifs is 1. The van der Waals surface area contributed by atoms with Gasteiger partial charge in [0.1, 0.15) is 0 Å². The highest BCUT2D eigenvalue weighted by atomic mass is 16.5. The van der Waals surface area contributed by atoms with Crippen molar-refractivity contribution in [2.45, 2.75) is 52.0 Å². The summed E-state index contributed by atoms with van der Waals surface area (Å²) in [7, 11) is 0. The fourth-order valence-corrected chi connectivity index (χ4v) is 4.17. The molecular weight excluding hydrogens is 404 g/mol. The Labute approximate surface area is 192 Å². The van der Waals surface area contributed by atoms with Gasteiger partial charge in [-0.15, -0.1) is 0 Å². The van der Waals surface area contributed by atoms with E-state index < -0.39 is 0 Å². The molecule has 0 bridgehead atoms. The molecule has 2 aliphatic rings. The maximum Gasteiger partial charge on any atom is 0.222 e. The molecule has 0 aromatic heterocycles. The van der Waals surface area contributed by atoms with Crippen molar-refractivity contribution in [1.82, 2.24) is 15.5 Å². The fourth-order valence-electron chi connectivity index (χ4n) is 4.17. The number of hydrogen-bond donors (Lipinski definition) is 2. The molecule has 0 radical (unpaired) electrons. The summed E-state index contributed by atoms with van der Waals surface area (Å²) in [5.74, 6) is 1.70. The van der Waals surface area contributed by atoms with Crippen molar-refractivity contribution in [2.75, 3.05) is 52.6 Å². The zero-order chi connectivity index (χ0) is 22.4. The second kappa shape index (κ2) is 14.1. The van der Waals surface area contributed by atoms with E-state index in [1.165, 1.54) is 11.1 Å². The van der Waals surface area contributed by atoms with E-state index in [2.05, 4.69) is 46.8 Å². The third-order valence-corrected chi connectivity index (χ3v) is 6.10. The molecule has 2 N–H and O–H groups in total. The second-order valence-electron chi connectivity index (χ2n) is 8.61. The van der Waals surface area contributed by atoms with E-state index in [0.717, 1.165) is 90.7 Å². The van der Waals surface area contributed by atoms with E-state index in [4.69, 9.17) is 9.47 Å². The van der Waals surface area contributed by atoms with Crippen molar-refractivity contribution in [3.63, 3.8) is 0 Å². The third-order valence-electron chi connectivity index (χ3n) is 6.10. The Bertz CT molecular complexity index is 719. The van der Waals surface area contributed by atoms with Crippen LogP contribution in [0.2, 0.25) is 0 Å². The number of benzene rings is 1. The van der Waals surface area contributed by atoms with Crippen molar-refractivity contribution in [2.24, 2.45) is 10.9 Å². The molecule has 1 saturated heterocycles. The van der Waals surface area contributed by atoms with Gasteiger partial charge in [-0.05, 0) is 56.1 Å². The number of ether oxygens (including phenoxy) is 2. The predicted octanol–water partition coefficient (Wildman–Crippen LogP) is 2.74. The number of carbonyl (C=O) groups excluding carboxylic acids is 1. The summed E-state index contributed by atoms with van der Waals surface area (Å²) in [6.45, 7) is 9.25. The number of carbonyl (C=O) groups is 1. The fraction of sp³-hybridized carbons (Fsp3) is 0.680. The van der Waals surface area contributed by atoms with Gasteiger partial charge >= 0.3 is 0 Å². The van der Waals surface area contributed by atoms with Gasteiger partial charge in [-0.25, -0.2) is 0 Å². The van der Waals surface area contributed by atoms with Crippen LogP contribution >= 0.6 is 0 Å². The minimum atomic E-state index is 0.231. The van der Waals surface area contributed by atoms with Crippen LogP contribution in [0.5, 0.6) is 0 Å². The molecule has 32 heavy (non-hydrogen) atoms. The summed E-state index contributed by atoms with van der Waals surface area (Å²) in [5.41, 5.74) is 2.65. The van der Waals surface area contributed by atoms with Crippen LogP contribution in [-0.2, 0) is 27.2 Å². The number of amides is 1. The molecule has 1 fully saturated rings. The van der Waals surface area contributed by atoms with Gasteiger partial charge in [-0.3, -0.25) is 9.79 Å². The Morgan fingerprint density at radius 1 is 1.19 bits per heavy atom. The Morgan fingerprint density at radius 2 is 2.00 bits per heavy atom. The van der Waals surface area contributed by atoms with E-state index in [0.29, 0.717) is 18.9 Å². The van der Waals surface area contributed by atoms with Gasteiger partial charge in [-0.2, -0.15) is 0 Å². The summed E-state index contributed by atoms with van der Waals surface area (Å²) in [6, 6.07) is 8.42. The molecule has 2 heterocycles. The Morgan fingerprint density at radius 3 is 2.81 bits per heavy atom. The molecular formula is C25H40N4O3. The molecule has 0 unspecified atom stereocenters. The first kappa shape index (κ1) is 24.5. The number of hydrogen-bond acceptors (Lipinski definition) is 4. The second-order valence-corrected chi connectivity index (χ2v) is 8.61. The number of nitrogens with one attached hydrogen (secondary N) is 2. The van der Waals surface area contributed by atoms with Crippen LogP contribution < -0.4 is 10.6 Å². The average molecular weight is 445 g/mol. The lowest BCUT2D eigenvalue weighted by Gasteiger charge is -2.28. The Kier molecular flexibility index (Phi) is 10.8. The van der Waals surface area contributed by atoms with Crippen molar-refractivity contribution >= 4 is 11.9 Å². The molecule has 7 heteroatoms. The van der Waals surface area contributed by atoms with Gasteiger partial charge in [-0.1, -0.05) is 24.3 Å². The summed E-state index contributed by atoms with van der Waals surface area (Å²) in [5, 5.41) is 6.64. The SMILES string of the molecule is CCNC(=NCCCC(=O)N1CCc2ccccc2C1)NCCCOCC1CCOCC1. The lowest BCUT2D eigenvalue weighted by Crippen LogP contribution is -2.38. The summed E-state index contributed by atoms with van der Waals surface area (Å²) in [6.07, 6.45) is 5.44. The van der Waals surface area contributed by atoms with Gasteiger partial charge in [0.25, 0.3) is 0 Å². The third kappa shape index (κ3) is 8.43. The monoisotopic (exact) mass is 444 g/mol. The van der Waals surface area contributed by atoms with Crippen LogP contribution in [0.1, 0.15) is 50.2 Å². The average Bonchev–Trinajstić information content (AvgIpc) is 2.84. The van der Waals surface area contributed by atoms with E-state index in [-0.39, 0.29) is 5.91 Å². The molecule has 1 aromatic carbocycles. The molecule has 1 aromatic rings. The van der Waals surface area contributed by atoms with Gasteiger partial charge in [0.15, 0.2) is 5.96 Å². The van der Waals surface area contributed by atoms with Crippen LogP contribution in [0.3, 0.4) is 0 Å². The van der Waals surface area contributed by atoms with Crippen LogP contribution in [0, 0.1) is 5.92 Å². The highest BCUT2D eigenvalue weighted by Crippen LogP contribution is 2.19. The number of nitrogens with zero attached hydrogens (tertiary/aromatic N) is 2. The molecule has 0 atom stereocenters. The summed E-state index contributed by atoms with van der Waals surface area (Å²) >= 11 is 0. The summed E-state index contributed by atoms with van der Waals surface area (Å²) < 4.78 is 11.2. The largest absolute Gasteiger partial charge is 0.381 e. The topological polar surface area (TPSA) is 75.2 Å². The van der Waals surface area contributed by atoms with E-state index in [9.17, 15) is 4.79 Å². The molecule has 3 rings (SSSR count). The highest BCUT2D eigenvalue weighted by molar-refractivity contribution is 5.80. The molecule has 0 saturated carbocycles. The van der Waals surface area contributed by atoms with Crippen LogP contribution in [0.15, 0.2) is 29.3 Å². The number of aliphatic imine (C=N–C) groups is 1. The standard InChI is InChI=1S/C25H40N4O3/c1-2-26-25(28-14-6-16-32-20-21-11-17-31-18-12-21)27-13-5-9-24(30)29-15-10-22-7-3-4-8-23(22)19-29/h3-4,7-8,21H,2,5-6,9-20H2,1H3,(H2,26,27,28). The molecule has 2 aliphatic heterocycles. The molecule has 1 amide bonds. The van der Waals surface area contributed by atoms with Crippen molar-refractivity contribution in [3.05, 3.63) is 35.4 Å². The first-order chi connectivity index (χ1) is 15.8. The van der Waals surface area contributed by atoms with Crippen molar-refractivity contribution in [3.8, 4) is 0 Å². The molecule has 7 nitrogen and oxygen atoms in total. The van der Waals surface area contributed by atoms with Gasteiger partial charge < -0.3 is 25.0 Å². The molecule has 0 spiro atoms. The first-order valence-corrected chi connectivity index (χ1v) is 12.3. The quantitative estimate of drug-likeness (QED) is 0.312. The number of rotatable bonds is 11. The zero-order valence-electron chi connectivity index (χ0n) is 19.6. The zero-order valence-corrected chi connectivity index (χ0v) is 19.6. The Balaban J connectivity index is 1.27. The van der Waals surface area contributed by atoms with Gasteiger partial charge in [0.05, 0.1) is 0 Å². The van der Waals surface area contributed by atoms with E-state index >= 15 is 0 Å². The smallest absolute Gasteiger partial charge is 0.222 e. The maximum atomic E-state index is 12.6. The van der Waals surface area contributed by atoms with Crippen LogP contribution in [0.25, 0.3) is 0 Å². The summed E-state index contributed by atoms with van der Waals surface area (Å²) in [4.78, 5) is 19.2. The van der Waals surface area contributed by atoms with Crippen LogP contribution in [0.4, 0.5) is 0 Å². The van der Waals surface area contributed by atoms with Gasteiger partial charge in [0, 0.05) is 65.6 Å². The van der Waals surface area contributed by atoms with E-state index in [1.807, 2.05) is 4.90 Å². The van der Waals surface area contributed by atoms with Crippen molar-refractivity contribution in [1.29, 1.82) is 0 Å². The van der Waals surface area contributed by atoms with Gasteiger partial charge in [0.2, 0.25) is 5.91 Å². The van der Waals surface area contributed by atoms with Crippen LogP contribution in [-0.4, -0.2) is 69.4 Å². The molecule has 178 valence electrons. The first-order valence-electron chi connectivity index (χ1n) is 12.3.